The Balaban J connectivity index is 2.17. The van der Waals surface area contributed by atoms with Gasteiger partial charge in [-0.2, -0.15) is 0 Å². The summed E-state index contributed by atoms with van der Waals surface area (Å²) in [6.45, 7) is 5.85. The first-order chi connectivity index (χ1) is 8.97. The molecule has 0 aliphatic carbocycles. The lowest BCUT2D eigenvalue weighted by Crippen LogP contribution is -2.07. The highest BCUT2D eigenvalue weighted by Crippen LogP contribution is 2.26. The molecule has 1 aromatic heterocycles. The molecule has 0 aliphatic rings. The molecular formula is C13H15N3O2S. The highest BCUT2D eigenvalue weighted by Gasteiger charge is 2.12. The number of thiazole rings is 1. The molecule has 0 bridgehead atoms. The number of aromatic nitrogens is 1. The average Bonchev–Trinajstić information content (AvgIpc) is 2.78. The molecular weight excluding hydrogens is 262 g/mol. The first kappa shape index (κ1) is 13.5. The van der Waals surface area contributed by atoms with E-state index in [-0.39, 0.29) is 16.7 Å². The van der Waals surface area contributed by atoms with Crippen LogP contribution in [0.2, 0.25) is 0 Å². The van der Waals surface area contributed by atoms with Crippen molar-refractivity contribution in [2.75, 3.05) is 5.32 Å². The van der Waals surface area contributed by atoms with Gasteiger partial charge in [0.2, 0.25) is 0 Å². The van der Waals surface area contributed by atoms with Crippen LogP contribution in [0.4, 0.5) is 11.4 Å². The van der Waals surface area contributed by atoms with Gasteiger partial charge in [-0.3, -0.25) is 10.1 Å². The number of aryl methyl sites for hydroxylation is 2. The molecule has 19 heavy (non-hydrogen) atoms. The summed E-state index contributed by atoms with van der Waals surface area (Å²) < 4.78 is 0. The minimum Gasteiger partial charge on any atom is -0.376 e. The van der Waals surface area contributed by atoms with Gasteiger partial charge in [-0.05, 0) is 32.4 Å². The standard InChI is InChI=1S/C13H15N3O2S/c1-8-6-11(16(17)18)4-5-12(8)15-10(3)13-14-9(2)7-19-13/h4-7,10,15H,1-3H3. The van der Waals surface area contributed by atoms with Crippen LogP contribution >= 0.6 is 11.3 Å². The van der Waals surface area contributed by atoms with Crippen molar-refractivity contribution in [3.63, 3.8) is 0 Å². The lowest BCUT2D eigenvalue weighted by Gasteiger charge is -2.14. The van der Waals surface area contributed by atoms with Crippen molar-refractivity contribution in [1.82, 2.24) is 4.98 Å². The molecule has 0 saturated heterocycles. The molecule has 0 fully saturated rings. The lowest BCUT2D eigenvalue weighted by molar-refractivity contribution is -0.384. The Morgan fingerprint density at radius 3 is 2.68 bits per heavy atom. The zero-order valence-corrected chi connectivity index (χ0v) is 11.8. The van der Waals surface area contributed by atoms with E-state index < -0.39 is 0 Å². The summed E-state index contributed by atoms with van der Waals surface area (Å²) in [6, 6.07) is 4.90. The monoisotopic (exact) mass is 277 g/mol. The fourth-order valence-electron chi connectivity index (χ4n) is 1.79. The molecule has 0 spiro atoms. The van der Waals surface area contributed by atoms with E-state index in [4.69, 9.17) is 0 Å². The molecule has 1 atom stereocenters. The average molecular weight is 277 g/mol. The van der Waals surface area contributed by atoms with Crippen molar-refractivity contribution in [3.8, 4) is 0 Å². The molecule has 6 heteroatoms. The topological polar surface area (TPSA) is 68.1 Å². The molecule has 2 rings (SSSR count). The highest BCUT2D eigenvalue weighted by molar-refractivity contribution is 7.09. The number of anilines is 1. The van der Waals surface area contributed by atoms with Crippen LogP contribution in [0.25, 0.3) is 0 Å². The van der Waals surface area contributed by atoms with Gasteiger partial charge in [0, 0.05) is 28.9 Å². The van der Waals surface area contributed by atoms with Crippen molar-refractivity contribution >= 4 is 22.7 Å². The third-order valence-electron chi connectivity index (χ3n) is 2.80. The van der Waals surface area contributed by atoms with E-state index in [9.17, 15) is 10.1 Å². The van der Waals surface area contributed by atoms with Gasteiger partial charge >= 0.3 is 0 Å². The van der Waals surface area contributed by atoms with Gasteiger partial charge in [0.05, 0.1) is 11.0 Å². The maximum atomic E-state index is 10.7. The van der Waals surface area contributed by atoms with Gasteiger partial charge in [-0.15, -0.1) is 11.3 Å². The molecule has 0 radical (unpaired) electrons. The van der Waals surface area contributed by atoms with Crippen LogP contribution in [0.1, 0.15) is 29.2 Å². The number of benzene rings is 1. The maximum Gasteiger partial charge on any atom is 0.269 e. The minimum atomic E-state index is -0.385. The van der Waals surface area contributed by atoms with Gasteiger partial charge in [0.15, 0.2) is 0 Å². The van der Waals surface area contributed by atoms with Crippen molar-refractivity contribution in [1.29, 1.82) is 0 Å². The van der Waals surface area contributed by atoms with Crippen LogP contribution in [-0.4, -0.2) is 9.91 Å². The summed E-state index contributed by atoms with van der Waals surface area (Å²) in [4.78, 5) is 14.7. The van der Waals surface area contributed by atoms with Gasteiger partial charge < -0.3 is 5.32 Å². The van der Waals surface area contributed by atoms with Gasteiger partial charge in [0.25, 0.3) is 5.69 Å². The second-order valence-corrected chi connectivity index (χ2v) is 5.34. The summed E-state index contributed by atoms with van der Waals surface area (Å²) in [7, 11) is 0. The van der Waals surface area contributed by atoms with E-state index in [0.29, 0.717) is 0 Å². The zero-order valence-electron chi connectivity index (χ0n) is 11.0. The third kappa shape index (κ3) is 3.08. The number of rotatable bonds is 4. The Labute approximate surface area is 115 Å². The Morgan fingerprint density at radius 1 is 1.42 bits per heavy atom. The smallest absolute Gasteiger partial charge is 0.269 e. The van der Waals surface area contributed by atoms with Crippen LogP contribution < -0.4 is 5.32 Å². The molecule has 0 aliphatic heterocycles. The lowest BCUT2D eigenvalue weighted by atomic mass is 10.1. The number of nitro benzene ring substituents is 1. The van der Waals surface area contributed by atoms with Crippen LogP contribution in [0.3, 0.4) is 0 Å². The first-order valence-electron chi connectivity index (χ1n) is 5.91. The number of hydrogen-bond acceptors (Lipinski definition) is 5. The summed E-state index contributed by atoms with van der Waals surface area (Å²) in [5.74, 6) is 0. The fraction of sp³-hybridized carbons (Fsp3) is 0.308. The maximum absolute atomic E-state index is 10.7. The van der Waals surface area contributed by atoms with E-state index in [2.05, 4.69) is 10.3 Å². The number of nitro groups is 1. The molecule has 1 aromatic carbocycles. The summed E-state index contributed by atoms with van der Waals surface area (Å²) in [5, 5.41) is 17.0. The molecule has 5 nitrogen and oxygen atoms in total. The third-order valence-corrected chi connectivity index (χ3v) is 3.95. The number of hydrogen-bond donors (Lipinski definition) is 1. The molecule has 0 saturated carbocycles. The molecule has 0 amide bonds. The van der Waals surface area contributed by atoms with E-state index in [1.807, 2.05) is 26.2 Å². The van der Waals surface area contributed by atoms with Gasteiger partial charge in [-0.1, -0.05) is 0 Å². The largest absolute Gasteiger partial charge is 0.376 e. The number of nitrogens with one attached hydrogen (secondary N) is 1. The van der Waals surface area contributed by atoms with E-state index in [0.717, 1.165) is 22.0 Å². The van der Waals surface area contributed by atoms with Crippen LogP contribution in [0, 0.1) is 24.0 Å². The predicted molar refractivity (Wildman–Crippen MR) is 76.7 cm³/mol. The minimum absolute atomic E-state index is 0.0823. The molecule has 1 unspecified atom stereocenters. The van der Waals surface area contributed by atoms with Gasteiger partial charge in [-0.25, -0.2) is 4.98 Å². The Morgan fingerprint density at radius 2 is 2.16 bits per heavy atom. The molecule has 100 valence electrons. The highest BCUT2D eigenvalue weighted by atomic mass is 32.1. The van der Waals surface area contributed by atoms with Crippen LogP contribution in [-0.2, 0) is 0 Å². The molecule has 2 aromatic rings. The van der Waals surface area contributed by atoms with Crippen molar-refractivity contribution in [3.05, 3.63) is 50.0 Å². The summed E-state index contributed by atoms with van der Waals surface area (Å²) in [6.07, 6.45) is 0. The molecule has 1 heterocycles. The fourth-order valence-corrected chi connectivity index (χ4v) is 2.59. The Bertz CT molecular complexity index is 610. The normalized spacial score (nSPS) is 12.2. The van der Waals surface area contributed by atoms with E-state index in [1.165, 1.54) is 6.07 Å². The van der Waals surface area contributed by atoms with E-state index >= 15 is 0 Å². The van der Waals surface area contributed by atoms with Crippen LogP contribution in [0.5, 0.6) is 0 Å². The van der Waals surface area contributed by atoms with E-state index in [1.54, 1.807) is 23.5 Å². The predicted octanol–water partition coefficient (Wildman–Crippen LogP) is 3.84. The Hall–Kier alpha value is -1.95. The molecule has 1 N–H and O–H groups in total. The second kappa shape index (κ2) is 5.36. The number of non-ortho nitro benzene ring substituents is 1. The SMILES string of the molecule is Cc1csc(C(C)Nc2ccc([N+](=O)[O-])cc2C)n1. The first-order valence-corrected chi connectivity index (χ1v) is 6.79. The second-order valence-electron chi connectivity index (χ2n) is 4.45. The Kier molecular flexibility index (Phi) is 3.80. The van der Waals surface area contributed by atoms with Crippen molar-refractivity contribution < 1.29 is 4.92 Å². The van der Waals surface area contributed by atoms with Gasteiger partial charge in [0.1, 0.15) is 5.01 Å². The number of nitrogens with zero attached hydrogens (tertiary/aromatic N) is 2. The summed E-state index contributed by atoms with van der Waals surface area (Å²) >= 11 is 1.61. The van der Waals surface area contributed by atoms with Crippen LogP contribution in [0.15, 0.2) is 23.6 Å². The quantitative estimate of drug-likeness (QED) is 0.681. The summed E-state index contributed by atoms with van der Waals surface area (Å²) in [5.41, 5.74) is 2.87. The van der Waals surface area contributed by atoms with Crippen molar-refractivity contribution in [2.45, 2.75) is 26.8 Å². The zero-order chi connectivity index (χ0) is 14.0. The van der Waals surface area contributed by atoms with Crippen molar-refractivity contribution in [2.24, 2.45) is 0 Å².